The van der Waals surface area contributed by atoms with Crippen molar-refractivity contribution in [2.45, 2.75) is 40.5 Å². The minimum atomic E-state index is -0.222. The maximum Gasteiger partial charge on any atom is 0.165 e. The van der Waals surface area contributed by atoms with Gasteiger partial charge in [0.1, 0.15) is 0 Å². The second kappa shape index (κ2) is 4.29. The van der Waals surface area contributed by atoms with E-state index in [0.29, 0.717) is 5.57 Å². The molecule has 0 heterocycles. The predicted octanol–water partition coefficient (Wildman–Crippen LogP) is 2.24. The van der Waals surface area contributed by atoms with Crippen LogP contribution < -0.4 is 5.73 Å². The van der Waals surface area contributed by atoms with Crippen molar-refractivity contribution in [1.82, 2.24) is 0 Å². The first-order valence-electron chi connectivity index (χ1n) is 4.45. The zero-order valence-electron chi connectivity index (χ0n) is 8.48. The molecule has 12 heavy (non-hydrogen) atoms. The number of hydrogen-bond acceptors (Lipinski definition) is 2. The van der Waals surface area contributed by atoms with Crippen molar-refractivity contribution in [2.24, 2.45) is 11.1 Å². The van der Waals surface area contributed by atoms with Gasteiger partial charge in [-0.2, -0.15) is 0 Å². The number of Topliss-reactive ketones (excluding diaryl/α,β-unsaturated/α-hetero) is 1. The van der Waals surface area contributed by atoms with Crippen LogP contribution in [0.3, 0.4) is 0 Å². The van der Waals surface area contributed by atoms with Gasteiger partial charge in [0, 0.05) is 17.2 Å². The molecule has 0 amide bonds. The molecule has 2 nitrogen and oxygen atoms in total. The Hall–Kier alpha value is -0.790. The lowest BCUT2D eigenvalue weighted by Crippen LogP contribution is -2.27. The van der Waals surface area contributed by atoms with E-state index in [1.165, 1.54) is 6.20 Å². The lowest BCUT2D eigenvalue weighted by molar-refractivity contribution is -0.124. The molecule has 0 aromatic rings. The van der Waals surface area contributed by atoms with Gasteiger partial charge in [-0.05, 0) is 19.8 Å². The summed E-state index contributed by atoms with van der Waals surface area (Å²) in [4.78, 5) is 11.7. The van der Waals surface area contributed by atoms with Gasteiger partial charge < -0.3 is 5.73 Å². The van der Waals surface area contributed by atoms with Crippen molar-refractivity contribution in [1.29, 1.82) is 0 Å². The van der Waals surface area contributed by atoms with Gasteiger partial charge in [0.15, 0.2) is 5.78 Å². The number of allylic oxidation sites excluding steroid dienone is 1. The van der Waals surface area contributed by atoms with Gasteiger partial charge in [-0.3, -0.25) is 4.79 Å². The highest BCUT2D eigenvalue weighted by Crippen LogP contribution is 2.29. The van der Waals surface area contributed by atoms with Crippen LogP contribution in [0.25, 0.3) is 0 Å². The van der Waals surface area contributed by atoms with E-state index in [9.17, 15) is 4.79 Å². The number of carbonyl (C=O) groups excluding carboxylic acids is 1. The molecule has 70 valence electrons. The predicted molar refractivity (Wildman–Crippen MR) is 51.6 cm³/mol. The van der Waals surface area contributed by atoms with Crippen LogP contribution in [0.2, 0.25) is 0 Å². The minimum Gasteiger partial charge on any atom is -0.404 e. The van der Waals surface area contributed by atoms with Gasteiger partial charge >= 0.3 is 0 Å². The molecule has 0 fully saturated rings. The molecule has 0 spiro atoms. The summed E-state index contributed by atoms with van der Waals surface area (Å²) in [5.74, 6) is 0.176. The van der Waals surface area contributed by atoms with E-state index in [4.69, 9.17) is 5.73 Å². The van der Waals surface area contributed by atoms with Crippen LogP contribution in [-0.4, -0.2) is 5.78 Å². The van der Waals surface area contributed by atoms with E-state index < -0.39 is 0 Å². The topological polar surface area (TPSA) is 43.1 Å². The second-order valence-electron chi connectivity index (χ2n) is 3.45. The monoisotopic (exact) mass is 169 g/mol. The highest BCUT2D eigenvalue weighted by Gasteiger charge is 2.29. The maximum atomic E-state index is 11.7. The molecule has 0 aromatic heterocycles. The molecule has 2 N–H and O–H groups in total. The SMILES string of the molecule is CCC(C)(CC)C(=O)/C(C)=C\N. The summed E-state index contributed by atoms with van der Waals surface area (Å²) >= 11 is 0. The number of ketones is 1. The molecule has 0 aliphatic heterocycles. The summed E-state index contributed by atoms with van der Waals surface area (Å²) in [6.45, 7) is 7.82. The Labute approximate surface area is 74.8 Å². The third-order valence-electron chi connectivity index (χ3n) is 2.72. The Kier molecular flexibility index (Phi) is 4.01. The zero-order valence-corrected chi connectivity index (χ0v) is 8.48. The first-order valence-corrected chi connectivity index (χ1v) is 4.45. The molecule has 0 saturated heterocycles. The first-order chi connectivity index (χ1) is 5.51. The van der Waals surface area contributed by atoms with Crippen molar-refractivity contribution in [2.75, 3.05) is 0 Å². The van der Waals surface area contributed by atoms with Crippen LogP contribution in [0.4, 0.5) is 0 Å². The van der Waals surface area contributed by atoms with E-state index in [1.807, 2.05) is 20.8 Å². The van der Waals surface area contributed by atoms with Crippen LogP contribution in [0.5, 0.6) is 0 Å². The average Bonchev–Trinajstić information content (AvgIpc) is 2.14. The third kappa shape index (κ3) is 2.10. The molecule has 2 heteroatoms. The van der Waals surface area contributed by atoms with Crippen LogP contribution in [0.15, 0.2) is 11.8 Å². The standard InChI is InChI=1S/C10H19NO/c1-5-10(4,6-2)9(12)8(3)7-11/h7H,5-6,11H2,1-4H3/b8-7-. The van der Waals surface area contributed by atoms with E-state index in [-0.39, 0.29) is 11.2 Å². The van der Waals surface area contributed by atoms with Crippen LogP contribution >= 0.6 is 0 Å². The highest BCUT2D eigenvalue weighted by atomic mass is 16.1. The molecule has 0 aromatic carbocycles. The highest BCUT2D eigenvalue weighted by molar-refractivity contribution is 5.98. The first kappa shape index (κ1) is 11.2. The molecular weight excluding hydrogens is 150 g/mol. The average molecular weight is 169 g/mol. The van der Waals surface area contributed by atoms with Crippen LogP contribution in [0.1, 0.15) is 40.5 Å². The fourth-order valence-electron chi connectivity index (χ4n) is 1.12. The van der Waals surface area contributed by atoms with E-state index in [0.717, 1.165) is 12.8 Å². The molecule has 0 atom stereocenters. The summed E-state index contributed by atoms with van der Waals surface area (Å²) < 4.78 is 0. The van der Waals surface area contributed by atoms with E-state index in [1.54, 1.807) is 6.92 Å². The van der Waals surface area contributed by atoms with Gasteiger partial charge in [-0.15, -0.1) is 0 Å². The van der Waals surface area contributed by atoms with Crippen molar-refractivity contribution < 1.29 is 4.79 Å². The zero-order chi connectivity index (χ0) is 9.78. The smallest absolute Gasteiger partial charge is 0.165 e. The molecule has 0 aliphatic rings. The Bertz CT molecular complexity index is 190. The van der Waals surface area contributed by atoms with Crippen molar-refractivity contribution in [3.63, 3.8) is 0 Å². The van der Waals surface area contributed by atoms with Gasteiger partial charge in [0.05, 0.1) is 0 Å². The van der Waals surface area contributed by atoms with Gasteiger partial charge in [-0.25, -0.2) is 0 Å². The molecule has 0 bridgehead atoms. The quantitative estimate of drug-likeness (QED) is 0.656. The van der Waals surface area contributed by atoms with Crippen molar-refractivity contribution >= 4 is 5.78 Å². The molecule has 0 aliphatic carbocycles. The van der Waals surface area contributed by atoms with Crippen LogP contribution in [0, 0.1) is 5.41 Å². The fraction of sp³-hybridized carbons (Fsp3) is 0.700. The summed E-state index contributed by atoms with van der Waals surface area (Å²) in [5, 5.41) is 0. The van der Waals surface area contributed by atoms with Crippen molar-refractivity contribution in [3.8, 4) is 0 Å². The van der Waals surface area contributed by atoms with Gasteiger partial charge in [0.25, 0.3) is 0 Å². The number of carbonyl (C=O) groups is 1. The van der Waals surface area contributed by atoms with E-state index in [2.05, 4.69) is 0 Å². The largest absolute Gasteiger partial charge is 0.404 e. The third-order valence-corrected chi connectivity index (χ3v) is 2.72. The molecule has 0 saturated carbocycles. The number of nitrogens with two attached hydrogens (primary N) is 1. The number of rotatable bonds is 4. The summed E-state index contributed by atoms with van der Waals surface area (Å²) in [6, 6.07) is 0. The Morgan fingerprint density at radius 3 is 2.08 bits per heavy atom. The van der Waals surface area contributed by atoms with Crippen molar-refractivity contribution in [3.05, 3.63) is 11.8 Å². The lowest BCUT2D eigenvalue weighted by atomic mass is 9.78. The lowest BCUT2D eigenvalue weighted by Gasteiger charge is -2.24. The molecular formula is C10H19NO. The second-order valence-corrected chi connectivity index (χ2v) is 3.45. The summed E-state index contributed by atoms with van der Waals surface area (Å²) in [7, 11) is 0. The molecule has 0 radical (unpaired) electrons. The molecule has 0 rings (SSSR count). The normalized spacial score (nSPS) is 13.2. The Balaban J connectivity index is 4.65. The summed E-state index contributed by atoms with van der Waals surface area (Å²) in [6.07, 6.45) is 3.13. The van der Waals surface area contributed by atoms with Gasteiger partial charge in [-0.1, -0.05) is 20.8 Å². The minimum absolute atomic E-state index is 0.176. The Morgan fingerprint density at radius 2 is 1.83 bits per heavy atom. The van der Waals surface area contributed by atoms with E-state index >= 15 is 0 Å². The maximum absolute atomic E-state index is 11.7. The van der Waals surface area contributed by atoms with Crippen LogP contribution in [-0.2, 0) is 4.79 Å². The molecule has 0 unspecified atom stereocenters. The number of hydrogen-bond donors (Lipinski definition) is 1. The van der Waals surface area contributed by atoms with Gasteiger partial charge in [0.2, 0.25) is 0 Å². The fourth-order valence-corrected chi connectivity index (χ4v) is 1.12. The Morgan fingerprint density at radius 1 is 1.42 bits per heavy atom. The summed E-state index contributed by atoms with van der Waals surface area (Å²) in [5.41, 5.74) is 5.74.